The molecular formula is C42H50O9. The lowest BCUT2D eigenvalue weighted by Gasteiger charge is -2.34. The van der Waals surface area contributed by atoms with Crippen LogP contribution in [0.4, 0.5) is 0 Å². The van der Waals surface area contributed by atoms with Crippen molar-refractivity contribution in [2.45, 2.75) is 59.3 Å². The van der Waals surface area contributed by atoms with Crippen molar-refractivity contribution in [3.63, 3.8) is 0 Å². The molecule has 0 spiro atoms. The van der Waals surface area contributed by atoms with Gasteiger partial charge in [-0.3, -0.25) is 0 Å². The van der Waals surface area contributed by atoms with E-state index in [1.165, 1.54) is 0 Å². The Labute approximate surface area is 301 Å². The summed E-state index contributed by atoms with van der Waals surface area (Å²) in [5.41, 5.74) is 3.99. The number of hydrogen-bond acceptors (Lipinski definition) is 9. The molecular weight excluding hydrogens is 648 g/mol. The molecule has 9 nitrogen and oxygen atoms in total. The molecule has 0 aliphatic rings. The Balaban J connectivity index is 2.03. The first-order valence-corrected chi connectivity index (χ1v) is 17.0. The molecule has 51 heavy (non-hydrogen) atoms. The van der Waals surface area contributed by atoms with Gasteiger partial charge in [-0.1, -0.05) is 95.1 Å². The fraction of sp³-hybridized carbons (Fsp3) is 0.357. The standard InChI is InChI=1S/C42H50O9/c1-10-42(9,34-18-12-14-21-37(34)47-23-26-50-40(44)29(4)5)35-19-15-17-33(38(35)48-24-27-51-41(45)30(6)7)31(8)32-16-11-13-20-36(32)46-22-25-49-39(43)28(2)3/h11-21,31H,2,4,6,10,22-27H2,1,3,5,7-9H3. The average Bonchev–Trinajstić information content (AvgIpc) is 3.12. The SMILES string of the molecule is C=C(C)C(=O)OCCOc1ccccc1C(C)c1cccc(C(C)(CC)c2ccccc2OCCOC(=O)C(=C)C)c1OCCOC(=O)C(=C)C. The van der Waals surface area contributed by atoms with Gasteiger partial charge < -0.3 is 28.4 Å². The van der Waals surface area contributed by atoms with Crippen molar-refractivity contribution in [2.24, 2.45) is 0 Å². The Morgan fingerprint density at radius 2 is 1.02 bits per heavy atom. The van der Waals surface area contributed by atoms with E-state index in [-0.39, 0.29) is 45.6 Å². The number of esters is 3. The smallest absolute Gasteiger partial charge is 0.333 e. The maximum absolute atomic E-state index is 12.1. The second-order valence-corrected chi connectivity index (χ2v) is 12.5. The van der Waals surface area contributed by atoms with Gasteiger partial charge in [-0.25, -0.2) is 14.4 Å². The van der Waals surface area contributed by atoms with Gasteiger partial charge in [0.2, 0.25) is 0 Å². The summed E-state index contributed by atoms with van der Waals surface area (Å²) in [6.07, 6.45) is 0.680. The summed E-state index contributed by atoms with van der Waals surface area (Å²) in [6, 6.07) is 21.6. The molecule has 272 valence electrons. The van der Waals surface area contributed by atoms with E-state index in [0.717, 1.165) is 22.3 Å². The van der Waals surface area contributed by atoms with Crippen LogP contribution in [0.15, 0.2) is 103 Å². The Morgan fingerprint density at radius 3 is 1.55 bits per heavy atom. The van der Waals surface area contributed by atoms with Gasteiger partial charge in [0.1, 0.15) is 56.9 Å². The number of carbonyl (C=O) groups excluding carboxylic acids is 3. The number of benzene rings is 3. The second kappa shape index (κ2) is 19.2. The van der Waals surface area contributed by atoms with E-state index in [9.17, 15) is 14.4 Å². The van der Waals surface area contributed by atoms with Crippen LogP contribution in [0.25, 0.3) is 0 Å². The highest BCUT2D eigenvalue weighted by atomic mass is 16.6. The van der Waals surface area contributed by atoms with Crippen LogP contribution in [-0.2, 0) is 34.0 Å². The summed E-state index contributed by atoms with van der Waals surface area (Å²) < 4.78 is 34.7. The lowest BCUT2D eigenvalue weighted by Crippen LogP contribution is -2.26. The third kappa shape index (κ3) is 10.8. The van der Waals surface area contributed by atoms with Crippen molar-refractivity contribution < 1.29 is 42.8 Å². The van der Waals surface area contributed by atoms with E-state index in [0.29, 0.717) is 40.4 Å². The Kier molecular flexibility index (Phi) is 15.1. The van der Waals surface area contributed by atoms with Crippen LogP contribution in [0.1, 0.15) is 76.1 Å². The highest BCUT2D eigenvalue weighted by molar-refractivity contribution is 5.87. The van der Waals surface area contributed by atoms with Gasteiger partial charge in [0.05, 0.1) is 0 Å². The van der Waals surface area contributed by atoms with Crippen LogP contribution in [0.5, 0.6) is 17.2 Å². The molecule has 3 aromatic carbocycles. The zero-order valence-electron chi connectivity index (χ0n) is 30.7. The van der Waals surface area contributed by atoms with E-state index in [2.05, 4.69) is 40.5 Å². The van der Waals surface area contributed by atoms with Gasteiger partial charge in [-0.15, -0.1) is 0 Å². The quantitative estimate of drug-likeness (QED) is 0.0502. The molecule has 3 rings (SSSR count). The number of para-hydroxylation sites is 3. The molecule has 0 radical (unpaired) electrons. The number of ether oxygens (including phenoxy) is 6. The molecule has 0 bridgehead atoms. The molecule has 0 fully saturated rings. The first kappa shape index (κ1) is 40.1. The van der Waals surface area contributed by atoms with Crippen molar-refractivity contribution in [3.05, 3.63) is 125 Å². The molecule has 9 heteroatoms. The van der Waals surface area contributed by atoms with E-state index < -0.39 is 23.3 Å². The number of hydrogen-bond donors (Lipinski definition) is 0. The van der Waals surface area contributed by atoms with Gasteiger partial charge in [-0.05, 0) is 39.3 Å². The molecule has 2 atom stereocenters. The zero-order chi connectivity index (χ0) is 37.6. The van der Waals surface area contributed by atoms with Crippen LogP contribution in [0.3, 0.4) is 0 Å². The maximum Gasteiger partial charge on any atom is 0.333 e. The van der Waals surface area contributed by atoms with Crippen molar-refractivity contribution in [1.29, 1.82) is 0 Å². The molecule has 0 aliphatic carbocycles. The van der Waals surface area contributed by atoms with Crippen LogP contribution in [0.2, 0.25) is 0 Å². The van der Waals surface area contributed by atoms with E-state index in [1.807, 2.05) is 66.7 Å². The molecule has 0 amide bonds. The van der Waals surface area contributed by atoms with Crippen molar-refractivity contribution >= 4 is 17.9 Å². The average molecular weight is 699 g/mol. The van der Waals surface area contributed by atoms with Crippen molar-refractivity contribution in [1.82, 2.24) is 0 Å². The first-order valence-electron chi connectivity index (χ1n) is 17.0. The van der Waals surface area contributed by atoms with E-state index in [4.69, 9.17) is 28.4 Å². The van der Waals surface area contributed by atoms with E-state index in [1.54, 1.807) is 20.8 Å². The molecule has 3 aromatic rings. The lowest BCUT2D eigenvalue weighted by atomic mass is 9.72. The highest BCUT2D eigenvalue weighted by Crippen LogP contribution is 2.47. The van der Waals surface area contributed by atoms with Crippen molar-refractivity contribution in [2.75, 3.05) is 39.6 Å². The van der Waals surface area contributed by atoms with Gasteiger partial charge in [-0.2, -0.15) is 0 Å². The van der Waals surface area contributed by atoms with E-state index >= 15 is 0 Å². The van der Waals surface area contributed by atoms with Gasteiger partial charge in [0.25, 0.3) is 0 Å². The van der Waals surface area contributed by atoms with Crippen LogP contribution in [0, 0.1) is 0 Å². The molecule has 0 aromatic heterocycles. The fourth-order valence-corrected chi connectivity index (χ4v) is 5.42. The van der Waals surface area contributed by atoms with Gasteiger partial charge >= 0.3 is 17.9 Å². The molecule has 2 unspecified atom stereocenters. The minimum Gasteiger partial charge on any atom is -0.490 e. The fourth-order valence-electron chi connectivity index (χ4n) is 5.42. The topological polar surface area (TPSA) is 107 Å². The highest BCUT2D eigenvalue weighted by Gasteiger charge is 2.35. The third-order valence-corrected chi connectivity index (χ3v) is 8.44. The normalized spacial score (nSPS) is 12.4. The lowest BCUT2D eigenvalue weighted by molar-refractivity contribution is -0.140. The van der Waals surface area contributed by atoms with Crippen LogP contribution >= 0.6 is 0 Å². The largest absolute Gasteiger partial charge is 0.490 e. The predicted molar refractivity (Wildman–Crippen MR) is 197 cm³/mol. The molecule has 0 aliphatic heterocycles. The summed E-state index contributed by atoms with van der Waals surface area (Å²) in [5.74, 6) is 0.319. The van der Waals surface area contributed by atoms with Gasteiger partial charge in [0, 0.05) is 50.3 Å². The monoisotopic (exact) mass is 698 g/mol. The second-order valence-electron chi connectivity index (χ2n) is 12.5. The summed E-state index contributed by atoms with van der Waals surface area (Å²) in [4.78, 5) is 35.9. The Hall–Kier alpha value is -5.31. The van der Waals surface area contributed by atoms with Crippen LogP contribution < -0.4 is 14.2 Å². The summed E-state index contributed by atoms with van der Waals surface area (Å²) in [5, 5.41) is 0. The number of rotatable bonds is 20. The summed E-state index contributed by atoms with van der Waals surface area (Å²) >= 11 is 0. The maximum atomic E-state index is 12.1. The van der Waals surface area contributed by atoms with Gasteiger partial charge in [0.15, 0.2) is 0 Å². The zero-order valence-corrected chi connectivity index (χ0v) is 30.7. The minimum absolute atomic E-state index is 0.0297. The minimum atomic E-state index is -0.604. The number of carbonyl (C=O) groups is 3. The summed E-state index contributed by atoms with van der Waals surface area (Å²) in [7, 11) is 0. The molecule has 0 heterocycles. The molecule has 0 saturated carbocycles. The van der Waals surface area contributed by atoms with Crippen molar-refractivity contribution in [3.8, 4) is 17.2 Å². The third-order valence-electron chi connectivity index (χ3n) is 8.44. The molecule has 0 saturated heterocycles. The molecule has 0 N–H and O–H groups in total. The Morgan fingerprint density at radius 1 is 0.588 bits per heavy atom. The summed E-state index contributed by atoms with van der Waals surface area (Å²) in [6.45, 7) is 22.6. The Bertz CT molecular complexity index is 1720. The predicted octanol–water partition coefficient (Wildman–Crippen LogP) is 8.05. The van der Waals surface area contributed by atoms with Crippen LogP contribution in [-0.4, -0.2) is 57.5 Å². The first-order chi connectivity index (χ1) is 24.3.